The number of nitrogens with two attached hydrogens (primary N) is 1. The van der Waals surface area contributed by atoms with Gasteiger partial charge in [-0.25, -0.2) is 4.98 Å². The Hall–Kier alpha value is -2.10. The molecule has 0 aliphatic rings. The molecule has 0 saturated heterocycles. The van der Waals surface area contributed by atoms with Gasteiger partial charge in [0.1, 0.15) is 6.04 Å². The molecule has 0 spiro atoms. The van der Waals surface area contributed by atoms with Gasteiger partial charge < -0.3 is 11.1 Å². The van der Waals surface area contributed by atoms with Gasteiger partial charge in [0.2, 0.25) is 11.9 Å². The van der Waals surface area contributed by atoms with Gasteiger partial charge in [-0.05, 0) is 25.0 Å². The highest BCUT2D eigenvalue weighted by atomic mass is 35.5. The third kappa shape index (κ3) is 4.60. The van der Waals surface area contributed by atoms with E-state index in [1.54, 1.807) is 4.57 Å². The molecule has 3 rings (SSSR count). The topological polar surface area (TPSA) is 98.7 Å². The van der Waals surface area contributed by atoms with E-state index in [2.05, 4.69) is 20.5 Å². The molecular formula is C17H19ClN6OS2. The molecule has 0 aliphatic heterocycles. The quantitative estimate of drug-likeness (QED) is 0.554. The third-order valence-corrected chi connectivity index (χ3v) is 6.09. The Kier molecular flexibility index (Phi) is 6.35. The highest BCUT2D eigenvalue weighted by molar-refractivity contribution is 7.98. The number of thioether (sulfide) groups is 1. The van der Waals surface area contributed by atoms with Crippen molar-refractivity contribution in [2.45, 2.75) is 37.2 Å². The monoisotopic (exact) mass is 422 g/mol. The molecule has 1 unspecified atom stereocenters. The fourth-order valence-corrected chi connectivity index (χ4v) is 4.49. The second-order valence-electron chi connectivity index (χ2n) is 5.80. The summed E-state index contributed by atoms with van der Waals surface area (Å²) in [5.41, 5.74) is 7.85. The fraction of sp³-hybridized carbons (Fsp3) is 0.294. The largest absolute Gasteiger partial charge is 0.368 e. The number of aryl methyl sites for hydroxylation is 1. The van der Waals surface area contributed by atoms with Gasteiger partial charge in [-0.2, -0.15) is 0 Å². The summed E-state index contributed by atoms with van der Waals surface area (Å²) in [7, 11) is 0. The molecule has 3 aromatic rings. The standard InChI is InChI=1S/C17H19ClN6OS2/c1-3-13(14(25)21-16-20-10(2)8-26-16)24-15(19)22-23-17(24)27-9-11-6-4-5-7-12(11)18/h4-8,13H,3,9H2,1-2H3,(H2,19,22)(H,20,21,25). The van der Waals surface area contributed by atoms with Gasteiger partial charge in [-0.15, -0.1) is 21.5 Å². The smallest absolute Gasteiger partial charge is 0.249 e. The van der Waals surface area contributed by atoms with Crippen molar-refractivity contribution in [3.05, 3.63) is 45.9 Å². The lowest BCUT2D eigenvalue weighted by Gasteiger charge is -2.18. The molecule has 0 radical (unpaired) electrons. The number of benzene rings is 1. The van der Waals surface area contributed by atoms with Crippen LogP contribution in [0.25, 0.3) is 0 Å². The van der Waals surface area contributed by atoms with E-state index in [-0.39, 0.29) is 11.9 Å². The molecule has 1 atom stereocenters. The number of nitrogens with zero attached hydrogens (tertiary/aromatic N) is 4. The number of aromatic nitrogens is 4. The summed E-state index contributed by atoms with van der Waals surface area (Å²) in [6.45, 7) is 3.80. The zero-order chi connectivity index (χ0) is 19.4. The van der Waals surface area contributed by atoms with Gasteiger partial charge in [-0.1, -0.05) is 48.5 Å². The summed E-state index contributed by atoms with van der Waals surface area (Å²) >= 11 is 9.04. The number of anilines is 2. The van der Waals surface area contributed by atoms with Crippen LogP contribution in [0.3, 0.4) is 0 Å². The SMILES string of the molecule is CCC(C(=O)Nc1nc(C)cs1)n1c(N)nnc1SCc1ccccc1Cl. The van der Waals surface area contributed by atoms with E-state index in [0.717, 1.165) is 11.3 Å². The Labute approximate surface area is 170 Å². The van der Waals surface area contributed by atoms with Crippen molar-refractivity contribution in [1.29, 1.82) is 0 Å². The number of hydrogen-bond acceptors (Lipinski definition) is 7. The molecule has 0 aliphatic carbocycles. The minimum absolute atomic E-state index is 0.196. The zero-order valence-corrected chi connectivity index (χ0v) is 17.2. The molecule has 142 valence electrons. The van der Waals surface area contributed by atoms with Crippen molar-refractivity contribution in [2.75, 3.05) is 11.1 Å². The minimum atomic E-state index is -0.530. The summed E-state index contributed by atoms with van der Waals surface area (Å²) < 4.78 is 1.66. The second-order valence-corrected chi connectivity index (χ2v) is 8.01. The van der Waals surface area contributed by atoms with Crippen molar-refractivity contribution in [1.82, 2.24) is 19.7 Å². The van der Waals surface area contributed by atoms with Crippen LogP contribution in [0.5, 0.6) is 0 Å². The number of carbonyl (C=O) groups excluding carboxylic acids is 1. The Balaban J connectivity index is 1.78. The number of rotatable bonds is 7. The third-order valence-electron chi connectivity index (χ3n) is 3.86. The number of thiazole rings is 1. The predicted octanol–water partition coefficient (Wildman–Crippen LogP) is 4.16. The number of halogens is 1. The molecule has 3 N–H and O–H groups in total. The summed E-state index contributed by atoms with van der Waals surface area (Å²) in [6.07, 6.45) is 0.540. The number of amides is 1. The Morgan fingerprint density at radius 1 is 1.41 bits per heavy atom. The van der Waals surface area contributed by atoms with Gasteiger partial charge in [-0.3, -0.25) is 9.36 Å². The van der Waals surface area contributed by atoms with E-state index < -0.39 is 6.04 Å². The molecule has 0 saturated carbocycles. The maximum absolute atomic E-state index is 12.8. The van der Waals surface area contributed by atoms with Crippen LogP contribution < -0.4 is 11.1 Å². The molecule has 7 nitrogen and oxygen atoms in total. The van der Waals surface area contributed by atoms with Crippen molar-refractivity contribution in [3.8, 4) is 0 Å². The zero-order valence-electron chi connectivity index (χ0n) is 14.8. The highest BCUT2D eigenvalue weighted by Crippen LogP contribution is 2.30. The van der Waals surface area contributed by atoms with E-state index in [4.69, 9.17) is 17.3 Å². The molecule has 27 heavy (non-hydrogen) atoms. The van der Waals surface area contributed by atoms with E-state index in [1.807, 2.05) is 43.5 Å². The van der Waals surface area contributed by atoms with Gasteiger partial charge in [0.05, 0.1) is 5.69 Å². The molecule has 2 heterocycles. The summed E-state index contributed by atoms with van der Waals surface area (Å²) in [5, 5.41) is 14.6. The normalized spacial score (nSPS) is 12.1. The summed E-state index contributed by atoms with van der Waals surface area (Å²) in [4.78, 5) is 17.1. The van der Waals surface area contributed by atoms with Gasteiger partial charge in [0, 0.05) is 16.2 Å². The van der Waals surface area contributed by atoms with Crippen LogP contribution in [-0.4, -0.2) is 25.7 Å². The van der Waals surface area contributed by atoms with Crippen molar-refractivity contribution < 1.29 is 4.79 Å². The number of nitrogen functional groups attached to an aromatic ring is 1. The average molecular weight is 423 g/mol. The highest BCUT2D eigenvalue weighted by Gasteiger charge is 2.25. The van der Waals surface area contributed by atoms with Gasteiger partial charge in [0.25, 0.3) is 0 Å². The molecule has 2 aromatic heterocycles. The number of carbonyl (C=O) groups is 1. The van der Waals surface area contributed by atoms with Crippen molar-refractivity contribution in [3.63, 3.8) is 0 Å². The van der Waals surface area contributed by atoms with Crippen LogP contribution in [-0.2, 0) is 10.5 Å². The Morgan fingerprint density at radius 2 is 2.19 bits per heavy atom. The Bertz CT molecular complexity index is 941. The van der Waals surface area contributed by atoms with Crippen LogP contribution >= 0.6 is 34.7 Å². The van der Waals surface area contributed by atoms with Crippen LogP contribution in [0.2, 0.25) is 5.02 Å². The molecule has 10 heteroatoms. The average Bonchev–Trinajstić information content (AvgIpc) is 3.21. The second kappa shape index (κ2) is 8.73. The van der Waals surface area contributed by atoms with Crippen LogP contribution in [0, 0.1) is 6.92 Å². The molecular weight excluding hydrogens is 404 g/mol. The number of hydrogen-bond donors (Lipinski definition) is 2. The summed E-state index contributed by atoms with van der Waals surface area (Å²) in [6, 6.07) is 7.08. The lowest BCUT2D eigenvalue weighted by molar-refractivity contribution is -0.119. The predicted molar refractivity (Wildman–Crippen MR) is 110 cm³/mol. The van der Waals surface area contributed by atoms with Crippen molar-refractivity contribution >= 4 is 51.7 Å². The first kappa shape index (κ1) is 19.7. The van der Waals surface area contributed by atoms with E-state index in [9.17, 15) is 4.79 Å². The van der Waals surface area contributed by atoms with E-state index >= 15 is 0 Å². The Morgan fingerprint density at radius 3 is 2.85 bits per heavy atom. The first-order valence-electron chi connectivity index (χ1n) is 8.29. The fourth-order valence-electron chi connectivity index (χ4n) is 2.52. The molecule has 0 fully saturated rings. The van der Waals surface area contributed by atoms with E-state index in [1.165, 1.54) is 23.1 Å². The molecule has 0 bridgehead atoms. The maximum atomic E-state index is 12.8. The lowest BCUT2D eigenvalue weighted by Crippen LogP contribution is -2.27. The lowest BCUT2D eigenvalue weighted by atomic mass is 10.2. The molecule has 1 aromatic carbocycles. The van der Waals surface area contributed by atoms with E-state index in [0.29, 0.717) is 27.5 Å². The van der Waals surface area contributed by atoms with Crippen molar-refractivity contribution in [2.24, 2.45) is 0 Å². The minimum Gasteiger partial charge on any atom is -0.368 e. The first-order chi connectivity index (χ1) is 13.0. The van der Waals surface area contributed by atoms with Crippen LogP contribution in [0.4, 0.5) is 11.1 Å². The van der Waals surface area contributed by atoms with Crippen LogP contribution in [0.15, 0.2) is 34.8 Å². The first-order valence-corrected chi connectivity index (χ1v) is 10.5. The summed E-state index contributed by atoms with van der Waals surface area (Å²) in [5.74, 6) is 0.605. The van der Waals surface area contributed by atoms with Gasteiger partial charge >= 0.3 is 0 Å². The molecule has 1 amide bonds. The maximum Gasteiger partial charge on any atom is 0.249 e. The van der Waals surface area contributed by atoms with Crippen LogP contribution in [0.1, 0.15) is 30.6 Å². The number of nitrogens with one attached hydrogen (secondary N) is 1. The van der Waals surface area contributed by atoms with Gasteiger partial charge in [0.15, 0.2) is 10.3 Å².